The molecule has 15 heavy (non-hydrogen) atoms. The summed E-state index contributed by atoms with van der Waals surface area (Å²) in [6.45, 7) is 6.77. The predicted octanol–water partition coefficient (Wildman–Crippen LogP) is 3.78. The quantitative estimate of drug-likeness (QED) is 0.523. The van der Waals surface area contributed by atoms with Crippen molar-refractivity contribution in [3.05, 3.63) is 0 Å². The lowest BCUT2D eigenvalue weighted by molar-refractivity contribution is -0.141. The fourth-order valence-corrected chi connectivity index (χ4v) is 2.94. The molecule has 1 unspecified atom stereocenters. The van der Waals surface area contributed by atoms with Crippen LogP contribution in [0.1, 0.15) is 46.5 Å². The Morgan fingerprint density at radius 3 is 2.53 bits per heavy atom. The van der Waals surface area contributed by atoms with Gasteiger partial charge in [-0.05, 0) is 30.6 Å². The molecule has 3 heteroatoms. The van der Waals surface area contributed by atoms with Crippen molar-refractivity contribution in [3.8, 4) is 0 Å². The second kappa shape index (κ2) is 7.26. The van der Waals surface area contributed by atoms with E-state index in [-0.39, 0.29) is 5.97 Å². The Balaban J connectivity index is 3.81. The van der Waals surface area contributed by atoms with Gasteiger partial charge in [0.2, 0.25) is 0 Å². The van der Waals surface area contributed by atoms with Crippen molar-refractivity contribution < 1.29 is 9.53 Å². The Labute approximate surface area is 102 Å². The van der Waals surface area contributed by atoms with Crippen molar-refractivity contribution in [2.75, 3.05) is 12.4 Å². The summed E-state index contributed by atoms with van der Waals surface area (Å²) in [5.41, 5.74) is 0.360. The van der Waals surface area contributed by atoms with Gasteiger partial charge in [0, 0.05) is 11.8 Å². The van der Waals surface area contributed by atoms with E-state index in [2.05, 4.69) is 41.4 Å². The highest BCUT2D eigenvalue weighted by Crippen LogP contribution is 2.31. The van der Waals surface area contributed by atoms with Crippen LogP contribution < -0.4 is 0 Å². The maximum atomic E-state index is 11.0. The van der Waals surface area contributed by atoms with Crippen LogP contribution in [0.4, 0.5) is 0 Å². The maximum absolute atomic E-state index is 11.0. The van der Waals surface area contributed by atoms with Crippen LogP contribution in [-0.2, 0) is 9.53 Å². The van der Waals surface area contributed by atoms with Gasteiger partial charge < -0.3 is 4.74 Å². The second-order valence-electron chi connectivity index (χ2n) is 5.03. The summed E-state index contributed by atoms with van der Waals surface area (Å²) in [6.07, 6.45) is 3.81. The van der Waals surface area contributed by atoms with E-state index < -0.39 is 0 Å². The largest absolute Gasteiger partial charge is 0.469 e. The predicted molar refractivity (Wildman–Crippen MR) is 67.2 cm³/mol. The van der Waals surface area contributed by atoms with E-state index in [4.69, 9.17) is 0 Å². The second-order valence-corrected chi connectivity index (χ2v) is 5.82. The number of methoxy groups -OCH3 is 1. The fourth-order valence-electron chi connectivity index (χ4n) is 1.87. The van der Waals surface area contributed by atoms with Crippen LogP contribution >= 0.6 is 15.9 Å². The topological polar surface area (TPSA) is 26.3 Å². The van der Waals surface area contributed by atoms with Gasteiger partial charge >= 0.3 is 5.97 Å². The molecular weight excluding hydrogens is 256 g/mol. The molecule has 0 saturated carbocycles. The molecule has 0 N–H and O–H groups in total. The molecule has 0 heterocycles. The normalized spacial score (nSPS) is 13.7. The third kappa shape index (κ3) is 7.83. The molecule has 2 nitrogen and oxygen atoms in total. The maximum Gasteiger partial charge on any atom is 0.305 e. The Hall–Kier alpha value is -0.0500. The van der Waals surface area contributed by atoms with Crippen LogP contribution in [0.25, 0.3) is 0 Å². The summed E-state index contributed by atoms with van der Waals surface area (Å²) in [5.74, 6) is 0.485. The summed E-state index contributed by atoms with van der Waals surface area (Å²) in [5, 5.41) is 1.05. The molecule has 0 fully saturated rings. The molecule has 1 atom stereocenters. The zero-order chi connectivity index (χ0) is 11.9. The first-order valence-corrected chi connectivity index (χ1v) is 6.66. The molecule has 0 aliphatic heterocycles. The Kier molecular flexibility index (Phi) is 7.24. The van der Waals surface area contributed by atoms with Crippen molar-refractivity contribution in [2.45, 2.75) is 46.5 Å². The molecule has 0 aliphatic rings. The molecule has 0 radical (unpaired) electrons. The average Bonchev–Trinajstić information content (AvgIpc) is 2.13. The summed E-state index contributed by atoms with van der Waals surface area (Å²) < 4.78 is 4.63. The Morgan fingerprint density at radius 2 is 2.07 bits per heavy atom. The van der Waals surface area contributed by atoms with E-state index in [9.17, 15) is 4.79 Å². The zero-order valence-electron chi connectivity index (χ0n) is 10.3. The molecule has 0 aliphatic carbocycles. The highest BCUT2D eigenvalue weighted by atomic mass is 79.9. The summed E-state index contributed by atoms with van der Waals surface area (Å²) >= 11 is 3.47. The van der Waals surface area contributed by atoms with Crippen LogP contribution in [-0.4, -0.2) is 18.4 Å². The van der Waals surface area contributed by atoms with E-state index in [1.54, 1.807) is 0 Å². The van der Waals surface area contributed by atoms with Crippen LogP contribution in [0.15, 0.2) is 0 Å². The minimum Gasteiger partial charge on any atom is -0.469 e. The van der Waals surface area contributed by atoms with Crippen LogP contribution in [0.2, 0.25) is 0 Å². The third-order valence-corrected chi connectivity index (χ3v) is 3.14. The number of esters is 1. The highest BCUT2D eigenvalue weighted by molar-refractivity contribution is 9.09. The van der Waals surface area contributed by atoms with Crippen molar-refractivity contribution in [3.63, 3.8) is 0 Å². The summed E-state index contributed by atoms with van der Waals surface area (Å²) in [7, 11) is 1.45. The number of rotatable bonds is 7. The van der Waals surface area contributed by atoms with E-state index in [0.717, 1.165) is 18.2 Å². The van der Waals surface area contributed by atoms with E-state index >= 15 is 0 Å². The van der Waals surface area contributed by atoms with Crippen molar-refractivity contribution >= 4 is 21.9 Å². The monoisotopic (exact) mass is 278 g/mol. The summed E-state index contributed by atoms with van der Waals surface area (Å²) in [4.78, 5) is 11.0. The van der Waals surface area contributed by atoms with Crippen LogP contribution in [0.5, 0.6) is 0 Å². The number of hydrogen-bond donors (Lipinski definition) is 0. The lowest BCUT2D eigenvalue weighted by Crippen LogP contribution is -2.17. The van der Waals surface area contributed by atoms with Crippen LogP contribution in [0.3, 0.4) is 0 Å². The van der Waals surface area contributed by atoms with Crippen LogP contribution in [0, 0.1) is 11.3 Å². The van der Waals surface area contributed by atoms with Crippen molar-refractivity contribution in [1.82, 2.24) is 0 Å². The Bertz CT molecular complexity index is 190. The molecule has 0 spiro atoms. The van der Waals surface area contributed by atoms with Gasteiger partial charge in [-0.2, -0.15) is 0 Å². The van der Waals surface area contributed by atoms with E-state index in [1.165, 1.54) is 13.5 Å². The molecule has 0 bridgehead atoms. The molecule has 0 aromatic carbocycles. The van der Waals surface area contributed by atoms with Gasteiger partial charge in [-0.1, -0.05) is 36.7 Å². The van der Waals surface area contributed by atoms with Gasteiger partial charge in [0.15, 0.2) is 0 Å². The van der Waals surface area contributed by atoms with Crippen molar-refractivity contribution in [1.29, 1.82) is 0 Å². The van der Waals surface area contributed by atoms with E-state index in [1.807, 2.05) is 0 Å². The zero-order valence-corrected chi connectivity index (χ0v) is 11.9. The SMILES string of the molecule is COC(=O)CCC(C)CC(C)(C)CCBr. The molecule has 0 rings (SSSR count). The first-order chi connectivity index (χ1) is 6.91. The first kappa shape index (κ1) is 14.9. The third-order valence-electron chi connectivity index (χ3n) is 2.74. The number of halogens is 1. The molecule has 0 aromatic rings. The van der Waals surface area contributed by atoms with Gasteiger partial charge in [0.1, 0.15) is 0 Å². The molecule has 0 amide bonds. The standard InChI is InChI=1S/C12H23BrO2/c1-10(5-6-11(14)15-4)9-12(2,3)7-8-13/h10H,5-9H2,1-4H3. The average molecular weight is 279 g/mol. The summed E-state index contributed by atoms with van der Waals surface area (Å²) in [6, 6.07) is 0. The smallest absolute Gasteiger partial charge is 0.305 e. The molecule has 0 aromatic heterocycles. The molecule has 90 valence electrons. The van der Waals surface area contributed by atoms with Gasteiger partial charge in [0.25, 0.3) is 0 Å². The number of ether oxygens (including phenoxy) is 1. The highest BCUT2D eigenvalue weighted by Gasteiger charge is 2.20. The minimum atomic E-state index is -0.0971. The number of carbonyl (C=O) groups is 1. The lowest BCUT2D eigenvalue weighted by Gasteiger charge is -2.27. The van der Waals surface area contributed by atoms with Gasteiger partial charge in [-0.3, -0.25) is 4.79 Å². The number of hydrogen-bond acceptors (Lipinski definition) is 2. The first-order valence-electron chi connectivity index (χ1n) is 5.54. The number of carbonyl (C=O) groups excluding carboxylic acids is 1. The Morgan fingerprint density at radius 1 is 1.47 bits per heavy atom. The number of alkyl halides is 1. The fraction of sp³-hybridized carbons (Fsp3) is 0.917. The van der Waals surface area contributed by atoms with Crippen molar-refractivity contribution in [2.24, 2.45) is 11.3 Å². The molecular formula is C12H23BrO2. The van der Waals surface area contributed by atoms with Gasteiger partial charge in [-0.15, -0.1) is 0 Å². The van der Waals surface area contributed by atoms with Gasteiger partial charge in [0.05, 0.1) is 7.11 Å². The van der Waals surface area contributed by atoms with Gasteiger partial charge in [-0.25, -0.2) is 0 Å². The lowest BCUT2D eigenvalue weighted by atomic mass is 9.80. The van der Waals surface area contributed by atoms with E-state index in [0.29, 0.717) is 17.8 Å². The molecule has 0 saturated heterocycles. The minimum absolute atomic E-state index is 0.0971.